The molecule has 152 valence electrons. The fraction of sp³-hybridized carbons (Fsp3) is 0.238. The number of hydrogen-bond acceptors (Lipinski definition) is 7. The number of pyridine rings is 1. The number of carbonyl (C=O) groups is 1. The van der Waals surface area contributed by atoms with E-state index in [2.05, 4.69) is 20.4 Å². The van der Waals surface area contributed by atoms with Gasteiger partial charge in [-0.25, -0.2) is 14.6 Å². The van der Waals surface area contributed by atoms with Crippen molar-refractivity contribution in [3.63, 3.8) is 0 Å². The molecule has 1 aliphatic heterocycles. The largest absolute Gasteiger partial charge is 0.454 e. The third-order valence-electron chi connectivity index (χ3n) is 4.89. The molecule has 9 heteroatoms. The van der Waals surface area contributed by atoms with Crippen molar-refractivity contribution in [1.82, 2.24) is 19.7 Å². The van der Waals surface area contributed by atoms with Crippen LogP contribution in [-0.4, -0.2) is 32.4 Å². The van der Waals surface area contributed by atoms with E-state index in [9.17, 15) is 4.79 Å². The highest BCUT2D eigenvalue weighted by Crippen LogP contribution is 2.36. The van der Waals surface area contributed by atoms with E-state index >= 15 is 0 Å². The van der Waals surface area contributed by atoms with Crippen molar-refractivity contribution >= 4 is 33.4 Å². The Bertz CT molecular complexity index is 1280. The first-order chi connectivity index (χ1) is 14.5. The van der Waals surface area contributed by atoms with Crippen LogP contribution in [0.3, 0.4) is 0 Å². The van der Waals surface area contributed by atoms with Gasteiger partial charge in [0.2, 0.25) is 6.79 Å². The summed E-state index contributed by atoms with van der Waals surface area (Å²) in [5.41, 5.74) is 3.59. The summed E-state index contributed by atoms with van der Waals surface area (Å²) in [7, 11) is 0. The molecule has 0 radical (unpaired) electrons. The maximum atomic E-state index is 12.9. The molecule has 0 saturated carbocycles. The van der Waals surface area contributed by atoms with Gasteiger partial charge in [0.1, 0.15) is 0 Å². The molecule has 0 aliphatic carbocycles. The van der Waals surface area contributed by atoms with E-state index in [-0.39, 0.29) is 18.7 Å². The van der Waals surface area contributed by atoms with Crippen LogP contribution >= 0.6 is 11.3 Å². The molecule has 0 spiro atoms. The predicted molar refractivity (Wildman–Crippen MR) is 114 cm³/mol. The van der Waals surface area contributed by atoms with E-state index in [1.807, 2.05) is 55.1 Å². The monoisotopic (exact) mass is 421 g/mol. The van der Waals surface area contributed by atoms with Crippen molar-refractivity contribution in [3.8, 4) is 22.8 Å². The second-order valence-corrected chi connectivity index (χ2v) is 8.14. The van der Waals surface area contributed by atoms with Crippen LogP contribution in [0, 0.1) is 6.92 Å². The number of hydrogen-bond donors (Lipinski definition) is 1. The lowest BCUT2D eigenvalue weighted by Crippen LogP contribution is -2.14. The average molecular weight is 421 g/mol. The Labute approximate surface area is 176 Å². The summed E-state index contributed by atoms with van der Waals surface area (Å²) in [6, 6.07) is 7.68. The molecule has 30 heavy (non-hydrogen) atoms. The topological polar surface area (TPSA) is 91.2 Å². The van der Waals surface area contributed by atoms with Gasteiger partial charge in [0.25, 0.3) is 5.91 Å². The molecular weight excluding hydrogens is 402 g/mol. The standard InChI is InChI=1S/C21H19N5O3S/c1-11(2)26-19-14(8-22-26)6-15(12(3)23-19)20(27)25-21-24-16(9-30-21)13-4-5-17-18(7-13)29-10-28-17/h4-9,11H,10H2,1-3H3,(H,24,25,27). The van der Waals surface area contributed by atoms with Gasteiger partial charge in [-0.2, -0.15) is 5.10 Å². The average Bonchev–Trinajstić information content (AvgIpc) is 3.45. The molecule has 0 atom stereocenters. The Morgan fingerprint density at radius 3 is 2.87 bits per heavy atom. The molecule has 0 bridgehead atoms. The smallest absolute Gasteiger partial charge is 0.259 e. The van der Waals surface area contributed by atoms with Gasteiger partial charge in [-0.15, -0.1) is 11.3 Å². The van der Waals surface area contributed by atoms with Gasteiger partial charge in [0.05, 0.1) is 23.1 Å². The second-order valence-electron chi connectivity index (χ2n) is 7.28. The number of aryl methyl sites for hydroxylation is 1. The van der Waals surface area contributed by atoms with Crippen molar-refractivity contribution in [3.05, 3.63) is 47.1 Å². The van der Waals surface area contributed by atoms with Crippen molar-refractivity contribution in [2.45, 2.75) is 26.8 Å². The first kappa shape index (κ1) is 18.6. The number of amides is 1. The van der Waals surface area contributed by atoms with Gasteiger partial charge in [0, 0.05) is 22.4 Å². The molecule has 0 fully saturated rings. The van der Waals surface area contributed by atoms with Gasteiger partial charge in [0.15, 0.2) is 22.3 Å². The summed E-state index contributed by atoms with van der Waals surface area (Å²) in [5.74, 6) is 1.18. The van der Waals surface area contributed by atoms with E-state index in [1.165, 1.54) is 11.3 Å². The van der Waals surface area contributed by atoms with Gasteiger partial charge < -0.3 is 9.47 Å². The number of nitrogens with zero attached hydrogens (tertiary/aromatic N) is 4. The Balaban J connectivity index is 1.39. The van der Waals surface area contributed by atoms with Crippen LogP contribution < -0.4 is 14.8 Å². The minimum Gasteiger partial charge on any atom is -0.454 e. The molecular formula is C21H19N5O3S. The van der Waals surface area contributed by atoms with E-state index < -0.39 is 0 Å². The number of rotatable bonds is 4. The maximum absolute atomic E-state index is 12.9. The lowest BCUT2D eigenvalue weighted by Gasteiger charge is -2.09. The summed E-state index contributed by atoms with van der Waals surface area (Å²) in [6.07, 6.45) is 1.74. The molecule has 1 aliphatic rings. The second kappa shape index (κ2) is 7.10. The molecule has 1 amide bonds. The third-order valence-corrected chi connectivity index (χ3v) is 5.64. The number of anilines is 1. The van der Waals surface area contributed by atoms with Gasteiger partial charge >= 0.3 is 0 Å². The molecule has 1 N–H and O–H groups in total. The van der Waals surface area contributed by atoms with E-state index in [4.69, 9.17) is 9.47 Å². The Hall–Kier alpha value is -3.46. The number of ether oxygens (including phenoxy) is 2. The summed E-state index contributed by atoms with van der Waals surface area (Å²) in [4.78, 5) is 22.0. The van der Waals surface area contributed by atoms with Crippen molar-refractivity contribution < 1.29 is 14.3 Å². The summed E-state index contributed by atoms with van der Waals surface area (Å²) >= 11 is 1.37. The summed E-state index contributed by atoms with van der Waals surface area (Å²) < 4.78 is 12.6. The van der Waals surface area contributed by atoms with Gasteiger partial charge in [-0.05, 0) is 45.0 Å². The molecule has 3 aromatic heterocycles. The fourth-order valence-electron chi connectivity index (χ4n) is 3.36. The Kier molecular flexibility index (Phi) is 4.39. The molecule has 5 rings (SSSR count). The highest BCUT2D eigenvalue weighted by Gasteiger charge is 2.18. The van der Waals surface area contributed by atoms with Crippen LogP contribution in [-0.2, 0) is 0 Å². The lowest BCUT2D eigenvalue weighted by atomic mass is 10.1. The molecule has 1 aromatic carbocycles. The lowest BCUT2D eigenvalue weighted by molar-refractivity contribution is 0.102. The van der Waals surface area contributed by atoms with Gasteiger partial charge in [-0.1, -0.05) is 0 Å². The van der Waals surface area contributed by atoms with E-state index in [0.717, 1.165) is 28.0 Å². The van der Waals surface area contributed by atoms with E-state index in [1.54, 1.807) is 6.20 Å². The molecule has 8 nitrogen and oxygen atoms in total. The molecule has 4 heterocycles. The van der Waals surface area contributed by atoms with Crippen LogP contribution in [0.15, 0.2) is 35.8 Å². The Morgan fingerprint density at radius 2 is 2.03 bits per heavy atom. The van der Waals surface area contributed by atoms with Crippen LogP contribution in [0.4, 0.5) is 5.13 Å². The molecule has 0 unspecified atom stereocenters. The quantitative estimate of drug-likeness (QED) is 0.524. The minimum absolute atomic E-state index is 0.194. The number of carbonyl (C=O) groups excluding carboxylic acids is 1. The zero-order valence-corrected chi connectivity index (χ0v) is 17.5. The number of aromatic nitrogens is 4. The van der Waals surface area contributed by atoms with Crippen molar-refractivity contribution in [2.24, 2.45) is 0 Å². The van der Waals surface area contributed by atoms with Crippen molar-refractivity contribution in [2.75, 3.05) is 12.1 Å². The third kappa shape index (κ3) is 3.17. The normalized spacial score (nSPS) is 12.7. The number of thiazole rings is 1. The highest BCUT2D eigenvalue weighted by molar-refractivity contribution is 7.14. The van der Waals surface area contributed by atoms with E-state index in [0.29, 0.717) is 22.1 Å². The van der Waals surface area contributed by atoms with Crippen LogP contribution in [0.5, 0.6) is 11.5 Å². The first-order valence-corrected chi connectivity index (χ1v) is 10.4. The molecule has 0 saturated heterocycles. The zero-order valence-electron chi connectivity index (χ0n) is 16.7. The summed E-state index contributed by atoms with van der Waals surface area (Å²) in [6.45, 7) is 6.14. The summed E-state index contributed by atoms with van der Waals surface area (Å²) in [5, 5.41) is 10.5. The molecule has 4 aromatic rings. The van der Waals surface area contributed by atoms with Crippen molar-refractivity contribution in [1.29, 1.82) is 0 Å². The fourth-order valence-corrected chi connectivity index (χ4v) is 4.07. The number of fused-ring (bicyclic) bond motifs is 2. The highest BCUT2D eigenvalue weighted by atomic mass is 32.1. The minimum atomic E-state index is -0.245. The van der Waals surface area contributed by atoms with Gasteiger partial charge in [-0.3, -0.25) is 10.1 Å². The Morgan fingerprint density at radius 1 is 1.20 bits per heavy atom. The zero-order chi connectivity index (χ0) is 20.8. The maximum Gasteiger partial charge on any atom is 0.259 e. The van der Waals surface area contributed by atoms with Crippen LogP contribution in [0.25, 0.3) is 22.3 Å². The predicted octanol–water partition coefficient (Wildman–Crippen LogP) is 4.43. The SMILES string of the molecule is Cc1nc2c(cnn2C(C)C)cc1C(=O)Nc1nc(-c2ccc3c(c2)OCO3)cs1. The van der Waals surface area contributed by atoms with Crippen LogP contribution in [0.2, 0.25) is 0 Å². The number of benzene rings is 1. The number of nitrogens with one attached hydrogen (secondary N) is 1. The van der Waals surface area contributed by atoms with Crippen LogP contribution in [0.1, 0.15) is 35.9 Å². The first-order valence-electron chi connectivity index (χ1n) is 9.51.